The van der Waals surface area contributed by atoms with E-state index in [2.05, 4.69) is 24.9 Å². The molecule has 0 aliphatic rings. The predicted molar refractivity (Wildman–Crippen MR) is 101 cm³/mol. The molecule has 136 valence electrons. The van der Waals surface area contributed by atoms with Gasteiger partial charge in [-0.1, -0.05) is 12.1 Å². The standard InChI is InChI=1S/C18H16N6O2S/c1-24-12-20-11-17(24)27(25,26)23-15-4-2-3-14(9-15)18-16(10-21-22-18)13-5-7-19-8-6-13/h2-12,23H,1H3,(H,21,22). The normalized spacial score (nSPS) is 11.4. The maximum Gasteiger partial charge on any atom is 0.279 e. The zero-order valence-corrected chi connectivity index (χ0v) is 15.2. The summed E-state index contributed by atoms with van der Waals surface area (Å²) in [7, 11) is -2.11. The largest absolute Gasteiger partial charge is 0.323 e. The molecule has 9 heteroatoms. The van der Waals surface area contributed by atoms with Crippen LogP contribution in [-0.4, -0.2) is 33.2 Å². The number of aromatic amines is 1. The van der Waals surface area contributed by atoms with E-state index in [4.69, 9.17) is 0 Å². The number of benzene rings is 1. The molecule has 0 saturated heterocycles. The Kier molecular flexibility index (Phi) is 4.21. The highest BCUT2D eigenvalue weighted by Crippen LogP contribution is 2.31. The van der Waals surface area contributed by atoms with Crippen molar-refractivity contribution in [3.05, 3.63) is 67.5 Å². The molecule has 0 amide bonds. The van der Waals surface area contributed by atoms with Gasteiger partial charge in [-0.25, -0.2) is 4.98 Å². The van der Waals surface area contributed by atoms with Crippen molar-refractivity contribution in [3.8, 4) is 22.4 Å². The zero-order valence-electron chi connectivity index (χ0n) is 14.4. The summed E-state index contributed by atoms with van der Waals surface area (Å²) in [4.78, 5) is 7.89. The lowest BCUT2D eigenvalue weighted by atomic mass is 10.0. The third-order valence-corrected chi connectivity index (χ3v) is 5.52. The average Bonchev–Trinajstić information content (AvgIpc) is 3.31. The smallest absolute Gasteiger partial charge is 0.279 e. The first-order chi connectivity index (χ1) is 13.0. The first-order valence-corrected chi connectivity index (χ1v) is 9.57. The van der Waals surface area contributed by atoms with Crippen LogP contribution in [0.3, 0.4) is 0 Å². The molecule has 0 unspecified atom stereocenters. The quantitative estimate of drug-likeness (QED) is 0.554. The number of pyridine rings is 1. The van der Waals surface area contributed by atoms with Crippen molar-refractivity contribution >= 4 is 15.7 Å². The molecule has 3 aromatic heterocycles. The molecule has 0 aliphatic heterocycles. The van der Waals surface area contributed by atoms with Gasteiger partial charge in [-0.15, -0.1) is 0 Å². The van der Waals surface area contributed by atoms with Gasteiger partial charge in [-0.2, -0.15) is 13.5 Å². The van der Waals surface area contributed by atoms with Gasteiger partial charge in [0.15, 0.2) is 5.03 Å². The van der Waals surface area contributed by atoms with E-state index < -0.39 is 10.0 Å². The summed E-state index contributed by atoms with van der Waals surface area (Å²) in [5, 5.41) is 7.29. The number of hydrogen-bond acceptors (Lipinski definition) is 5. The molecule has 4 aromatic rings. The summed E-state index contributed by atoms with van der Waals surface area (Å²) < 4.78 is 29.2. The number of sulfonamides is 1. The number of nitrogens with one attached hydrogen (secondary N) is 2. The minimum absolute atomic E-state index is 0.0881. The molecule has 8 nitrogen and oxygen atoms in total. The Bertz CT molecular complexity index is 1180. The summed E-state index contributed by atoms with van der Waals surface area (Å²) in [6.07, 6.45) is 7.98. The molecule has 27 heavy (non-hydrogen) atoms. The molecule has 0 aliphatic carbocycles. The lowest BCUT2D eigenvalue weighted by Crippen LogP contribution is -2.15. The van der Waals surface area contributed by atoms with Crippen LogP contribution < -0.4 is 4.72 Å². The van der Waals surface area contributed by atoms with E-state index in [1.54, 1.807) is 43.8 Å². The summed E-state index contributed by atoms with van der Waals surface area (Å²) in [5.74, 6) is 0. The van der Waals surface area contributed by atoms with E-state index in [1.807, 2.05) is 18.2 Å². The fraction of sp³-hybridized carbons (Fsp3) is 0.0556. The number of rotatable bonds is 5. The van der Waals surface area contributed by atoms with Gasteiger partial charge < -0.3 is 4.57 Å². The minimum Gasteiger partial charge on any atom is -0.323 e. The van der Waals surface area contributed by atoms with Crippen LogP contribution in [0.1, 0.15) is 0 Å². The fourth-order valence-corrected chi connectivity index (χ4v) is 3.97. The topological polar surface area (TPSA) is 106 Å². The number of aryl methyl sites for hydroxylation is 1. The Hall–Kier alpha value is -3.46. The Balaban J connectivity index is 1.69. The molecule has 0 bridgehead atoms. The van der Waals surface area contributed by atoms with Crippen LogP contribution in [0, 0.1) is 0 Å². The second-order valence-corrected chi connectivity index (χ2v) is 7.54. The van der Waals surface area contributed by atoms with Crippen LogP contribution >= 0.6 is 0 Å². The highest BCUT2D eigenvalue weighted by atomic mass is 32.2. The van der Waals surface area contributed by atoms with Gasteiger partial charge in [-0.3, -0.25) is 14.8 Å². The molecule has 2 N–H and O–H groups in total. The molecule has 0 saturated carbocycles. The summed E-state index contributed by atoms with van der Waals surface area (Å²) >= 11 is 0. The number of aromatic nitrogens is 5. The Labute approximate surface area is 156 Å². The number of nitrogens with zero attached hydrogens (tertiary/aromatic N) is 4. The van der Waals surface area contributed by atoms with Crippen LogP contribution in [0.15, 0.2) is 72.5 Å². The Morgan fingerprint density at radius 1 is 1.07 bits per heavy atom. The van der Waals surface area contributed by atoms with E-state index in [0.717, 1.165) is 22.4 Å². The van der Waals surface area contributed by atoms with Crippen molar-refractivity contribution in [3.63, 3.8) is 0 Å². The summed E-state index contributed by atoms with van der Waals surface area (Å²) in [5.41, 5.74) is 3.83. The van der Waals surface area contributed by atoms with Crippen LogP contribution in [-0.2, 0) is 17.1 Å². The van der Waals surface area contributed by atoms with Gasteiger partial charge >= 0.3 is 0 Å². The van der Waals surface area contributed by atoms with E-state index in [9.17, 15) is 8.42 Å². The highest BCUT2D eigenvalue weighted by molar-refractivity contribution is 7.92. The molecule has 0 spiro atoms. The average molecular weight is 380 g/mol. The number of H-pyrrole nitrogens is 1. The van der Waals surface area contributed by atoms with E-state index in [-0.39, 0.29) is 5.03 Å². The van der Waals surface area contributed by atoms with Crippen LogP contribution in [0.5, 0.6) is 0 Å². The van der Waals surface area contributed by atoms with Gasteiger partial charge in [0.2, 0.25) is 0 Å². The molecular formula is C18H16N6O2S. The monoisotopic (exact) mass is 380 g/mol. The zero-order chi connectivity index (χ0) is 18.9. The molecular weight excluding hydrogens is 364 g/mol. The van der Waals surface area contributed by atoms with Crippen molar-refractivity contribution < 1.29 is 8.42 Å². The number of anilines is 1. The molecule has 3 heterocycles. The Morgan fingerprint density at radius 3 is 2.63 bits per heavy atom. The molecule has 0 radical (unpaired) electrons. The van der Waals surface area contributed by atoms with E-state index in [0.29, 0.717) is 5.69 Å². The van der Waals surface area contributed by atoms with E-state index in [1.165, 1.54) is 17.1 Å². The summed E-state index contributed by atoms with van der Waals surface area (Å²) in [6.45, 7) is 0. The number of hydrogen-bond donors (Lipinski definition) is 2. The van der Waals surface area contributed by atoms with E-state index >= 15 is 0 Å². The third-order valence-electron chi connectivity index (χ3n) is 4.07. The first kappa shape index (κ1) is 17.0. The van der Waals surface area contributed by atoms with Gasteiger partial charge in [0.05, 0.1) is 18.2 Å². The molecule has 4 rings (SSSR count). The highest BCUT2D eigenvalue weighted by Gasteiger charge is 2.18. The Morgan fingerprint density at radius 2 is 1.89 bits per heavy atom. The third kappa shape index (κ3) is 3.32. The summed E-state index contributed by atoms with van der Waals surface area (Å²) in [6, 6.07) is 10.9. The lowest BCUT2D eigenvalue weighted by molar-refractivity contribution is 0.591. The van der Waals surface area contributed by atoms with Crippen molar-refractivity contribution in [2.75, 3.05) is 4.72 Å². The van der Waals surface area contributed by atoms with Crippen molar-refractivity contribution in [1.29, 1.82) is 0 Å². The van der Waals surface area contributed by atoms with Crippen LogP contribution in [0.2, 0.25) is 0 Å². The second-order valence-electron chi connectivity index (χ2n) is 5.91. The van der Waals surface area contributed by atoms with Crippen LogP contribution in [0.25, 0.3) is 22.4 Å². The number of imidazole rings is 1. The van der Waals surface area contributed by atoms with Gasteiger partial charge in [-0.05, 0) is 29.8 Å². The van der Waals surface area contributed by atoms with Crippen molar-refractivity contribution in [2.45, 2.75) is 5.03 Å². The van der Waals surface area contributed by atoms with Gasteiger partial charge in [0.1, 0.15) is 0 Å². The molecule has 1 aromatic carbocycles. The lowest BCUT2D eigenvalue weighted by Gasteiger charge is -2.10. The molecule has 0 atom stereocenters. The maximum absolute atomic E-state index is 12.6. The maximum atomic E-state index is 12.6. The SMILES string of the molecule is Cn1cncc1S(=O)(=O)Nc1cccc(-c2n[nH]cc2-c2ccncc2)c1. The second kappa shape index (κ2) is 6.69. The van der Waals surface area contributed by atoms with Crippen LogP contribution in [0.4, 0.5) is 5.69 Å². The first-order valence-electron chi connectivity index (χ1n) is 8.08. The van der Waals surface area contributed by atoms with Crippen molar-refractivity contribution in [2.24, 2.45) is 7.05 Å². The van der Waals surface area contributed by atoms with Gasteiger partial charge in [0.25, 0.3) is 10.0 Å². The van der Waals surface area contributed by atoms with Crippen molar-refractivity contribution in [1.82, 2.24) is 24.7 Å². The molecule has 0 fully saturated rings. The predicted octanol–water partition coefficient (Wildman–Crippen LogP) is 2.67. The fourth-order valence-electron chi connectivity index (χ4n) is 2.80. The minimum atomic E-state index is -3.73. The van der Waals surface area contributed by atoms with Gasteiger partial charge in [0, 0.05) is 42.5 Å².